The molecule has 0 unspecified atom stereocenters. The lowest BCUT2D eigenvalue weighted by Gasteiger charge is -2.13. The fraction of sp³-hybridized carbons (Fsp3) is 0.160. The SMILES string of the molecule is CCOc1cc(/C=N\NC(=O)COc2ccc(Cl)cc2)cc(Br)c1OC(=O)c1ccc(OC)cc1. The van der Waals surface area contributed by atoms with Gasteiger partial charge in [-0.2, -0.15) is 5.10 Å². The lowest BCUT2D eigenvalue weighted by molar-refractivity contribution is -0.123. The van der Waals surface area contributed by atoms with Gasteiger partial charge in [-0.3, -0.25) is 4.79 Å². The van der Waals surface area contributed by atoms with Gasteiger partial charge in [0.15, 0.2) is 18.1 Å². The number of hydrazone groups is 1. The van der Waals surface area contributed by atoms with Gasteiger partial charge in [-0.1, -0.05) is 11.6 Å². The Kier molecular flexibility index (Phi) is 9.51. The first-order valence-electron chi connectivity index (χ1n) is 10.4. The lowest BCUT2D eigenvalue weighted by Crippen LogP contribution is -2.24. The van der Waals surface area contributed by atoms with Crippen LogP contribution in [0.15, 0.2) is 70.2 Å². The number of rotatable bonds is 10. The van der Waals surface area contributed by atoms with Gasteiger partial charge < -0.3 is 18.9 Å². The van der Waals surface area contributed by atoms with Crippen LogP contribution in [0.25, 0.3) is 0 Å². The molecule has 3 aromatic rings. The molecule has 0 fully saturated rings. The van der Waals surface area contributed by atoms with Crippen LogP contribution in [0.1, 0.15) is 22.8 Å². The van der Waals surface area contributed by atoms with E-state index in [1.807, 2.05) is 6.92 Å². The van der Waals surface area contributed by atoms with E-state index in [0.717, 1.165) is 0 Å². The second-order valence-corrected chi connectivity index (χ2v) is 8.21. The molecular weight excluding hydrogens is 540 g/mol. The molecule has 0 aliphatic heterocycles. The molecule has 0 spiro atoms. The quantitative estimate of drug-likeness (QED) is 0.157. The topological polar surface area (TPSA) is 95.5 Å². The van der Waals surface area contributed by atoms with Crippen molar-refractivity contribution >= 4 is 45.6 Å². The summed E-state index contributed by atoms with van der Waals surface area (Å²) in [6.07, 6.45) is 1.43. The van der Waals surface area contributed by atoms with Crippen molar-refractivity contribution < 1.29 is 28.5 Å². The fourth-order valence-electron chi connectivity index (χ4n) is 2.79. The first-order valence-corrected chi connectivity index (χ1v) is 11.6. The number of nitrogens with zero attached hydrogens (tertiary/aromatic N) is 1. The molecule has 0 atom stereocenters. The molecule has 8 nitrogen and oxygen atoms in total. The summed E-state index contributed by atoms with van der Waals surface area (Å²) in [6.45, 7) is 1.94. The molecule has 1 N–H and O–H groups in total. The third-order valence-corrected chi connectivity index (χ3v) is 5.28. The molecule has 0 aromatic heterocycles. The van der Waals surface area contributed by atoms with E-state index in [1.165, 1.54) is 6.21 Å². The molecule has 3 aromatic carbocycles. The molecule has 182 valence electrons. The highest BCUT2D eigenvalue weighted by Gasteiger charge is 2.17. The fourth-order valence-corrected chi connectivity index (χ4v) is 3.46. The molecule has 0 bridgehead atoms. The Balaban J connectivity index is 1.64. The molecule has 0 saturated heterocycles. The monoisotopic (exact) mass is 560 g/mol. The number of amides is 1. The smallest absolute Gasteiger partial charge is 0.343 e. The number of carbonyl (C=O) groups is 2. The zero-order chi connectivity index (χ0) is 25.2. The maximum absolute atomic E-state index is 12.6. The largest absolute Gasteiger partial charge is 0.497 e. The van der Waals surface area contributed by atoms with Crippen LogP contribution in [-0.2, 0) is 4.79 Å². The minimum Gasteiger partial charge on any atom is -0.497 e. The number of hydrogen-bond acceptors (Lipinski definition) is 7. The van der Waals surface area contributed by atoms with Crippen LogP contribution in [0, 0.1) is 0 Å². The summed E-state index contributed by atoms with van der Waals surface area (Å²) in [5, 5.41) is 4.52. The summed E-state index contributed by atoms with van der Waals surface area (Å²) in [4.78, 5) is 24.6. The Bertz CT molecular complexity index is 1200. The number of ether oxygens (including phenoxy) is 4. The Hall–Kier alpha value is -3.56. The molecule has 10 heteroatoms. The van der Waals surface area contributed by atoms with E-state index < -0.39 is 11.9 Å². The van der Waals surface area contributed by atoms with Crippen molar-refractivity contribution in [3.8, 4) is 23.0 Å². The summed E-state index contributed by atoms with van der Waals surface area (Å²) >= 11 is 9.23. The van der Waals surface area contributed by atoms with Crippen LogP contribution in [0.5, 0.6) is 23.0 Å². The van der Waals surface area contributed by atoms with Gasteiger partial charge >= 0.3 is 5.97 Å². The number of nitrogens with one attached hydrogen (secondary N) is 1. The number of benzene rings is 3. The molecule has 35 heavy (non-hydrogen) atoms. The highest BCUT2D eigenvalue weighted by atomic mass is 79.9. The van der Waals surface area contributed by atoms with Crippen LogP contribution < -0.4 is 24.4 Å². The van der Waals surface area contributed by atoms with Crippen molar-refractivity contribution in [1.29, 1.82) is 0 Å². The summed E-state index contributed by atoms with van der Waals surface area (Å²) in [7, 11) is 1.55. The van der Waals surface area contributed by atoms with Gasteiger partial charge in [0.1, 0.15) is 11.5 Å². The van der Waals surface area contributed by atoms with Crippen LogP contribution in [0.4, 0.5) is 0 Å². The standard InChI is InChI=1S/C25H22BrClN2O6/c1-3-33-22-13-16(14-28-29-23(30)15-34-20-10-6-18(27)7-11-20)12-21(26)24(22)35-25(31)17-4-8-19(32-2)9-5-17/h4-14H,3,15H2,1-2H3,(H,29,30)/b28-14-. The zero-order valence-electron chi connectivity index (χ0n) is 18.9. The molecule has 0 aliphatic carbocycles. The highest BCUT2D eigenvalue weighted by Crippen LogP contribution is 2.37. The average molecular weight is 562 g/mol. The van der Waals surface area contributed by atoms with Crippen molar-refractivity contribution in [2.24, 2.45) is 5.10 Å². The van der Waals surface area contributed by atoms with Crippen molar-refractivity contribution in [3.63, 3.8) is 0 Å². The Morgan fingerprint density at radius 2 is 1.71 bits per heavy atom. The van der Waals surface area contributed by atoms with Crippen molar-refractivity contribution in [2.45, 2.75) is 6.92 Å². The maximum atomic E-state index is 12.6. The lowest BCUT2D eigenvalue weighted by atomic mass is 10.2. The average Bonchev–Trinajstić information content (AvgIpc) is 2.86. The maximum Gasteiger partial charge on any atom is 0.343 e. The molecular formula is C25H22BrClN2O6. The molecule has 0 saturated carbocycles. The minimum absolute atomic E-state index is 0.215. The minimum atomic E-state index is -0.552. The van der Waals surface area contributed by atoms with E-state index in [2.05, 4.69) is 26.5 Å². The van der Waals surface area contributed by atoms with Crippen LogP contribution in [-0.4, -0.2) is 38.4 Å². The predicted molar refractivity (Wildman–Crippen MR) is 136 cm³/mol. The Morgan fingerprint density at radius 3 is 2.37 bits per heavy atom. The molecule has 1 amide bonds. The third-order valence-electron chi connectivity index (χ3n) is 4.44. The van der Waals surface area contributed by atoms with Crippen LogP contribution in [0.3, 0.4) is 0 Å². The number of hydrogen-bond donors (Lipinski definition) is 1. The number of carbonyl (C=O) groups excluding carboxylic acids is 2. The number of halogens is 2. The molecule has 0 radical (unpaired) electrons. The van der Waals surface area contributed by atoms with E-state index in [4.69, 9.17) is 30.5 Å². The predicted octanol–water partition coefficient (Wildman–Crippen LogP) is 5.26. The molecule has 0 aliphatic rings. The van der Waals surface area contributed by atoms with Crippen molar-refractivity contribution in [1.82, 2.24) is 5.43 Å². The first kappa shape index (κ1) is 26.1. The summed E-state index contributed by atoms with van der Waals surface area (Å²) < 4.78 is 22.2. The van der Waals surface area contributed by atoms with E-state index in [9.17, 15) is 9.59 Å². The number of esters is 1. The molecule has 0 heterocycles. The van der Waals surface area contributed by atoms with E-state index in [0.29, 0.717) is 44.5 Å². The van der Waals surface area contributed by atoms with Crippen LogP contribution >= 0.6 is 27.5 Å². The summed E-state index contributed by atoms with van der Waals surface area (Å²) in [5.41, 5.74) is 3.35. The van der Waals surface area contributed by atoms with Crippen molar-refractivity contribution in [2.75, 3.05) is 20.3 Å². The molecule has 3 rings (SSSR count). The van der Waals surface area contributed by atoms with E-state index in [1.54, 1.807) is 67.8 Å². The second kappa shape index (κ2) is 12.8. The Morgan fingerprint density at radius 1 is 1.03 bits per heavy atom. The highest BCUT2D eigenvalue weighted by molar-refractivity contribution is 9.10. The normalized spacial score (nSPS) is 10.6. The van der Waals surface area contributed by atoms with E-state index >= 15 is 0 Å². The summed E-state index contributed by atoms with van der Waals surface area (Å²) in [6, 6.07) is 16.5. The van der Waals surface area contributed by atoms with Gasteiger partial charge in [-0.05, 0) is 89.1 Å². The van der Waals surface area contributed by atoms with E-state index in [-0.39, 0.29) is 12.4 Å². The van der Waals surface area contributed by atoms with Gasteiger partial charge in [0.05, 0.1) is 30.0 Å². The number of methoxy groups -OCH3 is 1. The third kappa shape index (κ3) is 7.73. The van der Waals surface area contributed by atoms with Gasteiger partial charge in [0.2, 0.25) is 0 Å². The Labute approximate surface area is 215 Å². The van der Waals surface area contributed by atoms with Crippen LogP contribution in [0.2, 0.25) is 5.02 Å². The zero-order valence-corrected chi connectivity index (χ0v) is 21.3. The van der Waals surface area contributed by atoms with Gasteiger partial charge in [0.25, 0.3) is 5.91 Å². The first-order chi connectivity index (χ1) is 16.9. The van der Waals surface area contributed by atoms with Gasteiger partial charge in [-0.25, -0.2) is 10.2 Å². The second-order valence-electron chi connectivity index (χ2n) is 6.92. The van der Waals surface area contributed by atoms with Gasteiger partial charge in [-0.15, -0.1) is 0 Å². The van der Waals surface area contributed by atoms with Gasteiger partial charge in [0, 0.05) is 5.02 Å². The summed E-state index contributed by atoms with van der Waals surface area (Å²) in [5.74, 6) is 0.713. The van der Waals surface area contributed by atoms with Crippen molar-refractivity contribution in [3.05, 3.63) is 81.3 Å².